The van der Waals surface area contributed by atoms with Crippen molar-refractivity contribution in [1.29, 1.82) is 0 Å². The third kappa shape index (κ3) is 5.11. The first-order chi connectivity index (χ1) is 12.7. The van der Waals surface area contributed by atoms with Gasteiger partial charge in [-0.3, -0.25) is 0 Å². The fourth-order valence-corrected chi connectivity index (χ4v) is 2.37. The zero-order valence-corrected chi connectivity index (χ0v) is 15.0. The van der Waals surface area contributed by atoms with Gasteiger partial charge < -0.3 is 20.3 Å². The molecule has 134 valence electrons. The molecule has 0 unspecified atom stereocenters. The molecule has 2 aromatic carbocycles. The summed E-state index contributed by atoms with van der Waals surface area (Å²) >= 11 is 0. The quantitative estimate of drug-likeness (QED) is 0.604. The molecule has 26 heavy (non-hydrogen) atoms. The van der Waals surface area contributed by atoms with Crippen molar-refractivity contribution < 1.29 is 4.74 Å². The van der Waals surface area contributed by atoms with Gasteiger partial charge in [0.2, 0.25) is 5.95 Å². The van der Waals surface area contributed by atoms with E-state index in [4.69, 9.17) is 4.74 Å². The van der Waals surface area contributed by atoms with E-state index in [2.05, 4.69) is 37.6 Å². The SMILES string of the molecule is CN(C)c1cccc(Nc2nccc(NCCOc3ccccc3)n2)c1. The molecule has 0 aliphatic rings. The van der Waals surface area contributed by atoms with E-state index in [1.54, 1.807) is 6.20 Å². The van der Waals surface area contributed by atoms with Crippen LogP contribution in [0, 0.1) is 0 Å². The first-order valence-electron chi connectivity index (χ1n) is 8.50. The highest BCUT2D eigenvalue weighted by molar-refractivity contribution is 5.62. The van der Waals surface area contributed by atoms with Crippen LogP contribution in [-0.4, -0.2) is 37.2 Å². The summed E-state index contributed by atoms with van der Waals surface area (Å²) in [4.78, 5) is 10.8. The van der Waals surface area contributed by atoms with E-state index in [-0.39, 0.29) is 0 Å². The van der Waals surface area contributed by atoms with Gasteiger partial charge in [-0.1, -0.05) is 24.3 Å². The molecule has 0 spiro atoms. The number of aromatic nitrogens is 2. The number of anilines is 4. The summed E-state index contributed by atoms with van der Waals surface area (Å²) in [6.07, 6.45) is 1.73. The van der Waals surface area contributed by atoms with Crippen LogP contribution in [0.25, 0.3) is 0 Å². The van der Waals surface area contributed by atoms with Gasteiger partial charge in [0.15, 0.2) is 0 Å². The van der Waals surface area contributed by atoms with E-state index in [0.29, 0.717) is 19.1 Å². The monoisotopic (exact) mass is 349 g/mol. The molecular weight excluding hydrogens is 326 g/mol. The Bertz CT molecular complexity index is 823. The van der Waals surface area contributed by atoms with Crippen molar-refractivity contribution in [2.45, 2.75) is 0 Å². The minimum Gasteiger partial charge on any atom is -0.492 e. The minimum atomic E-state index is 0.551. The highest BCUT2D eigenvalue weighted by atomic mass is 16.5. The number of para-hydroxylation sites is 1. The van der Waals surface area contributed by atoms with Crippen molar-refractivity contribution >= 4 is 23.1 Å². The summed E-state index contributed by atoms with van der Waals surface area (Å²) in [5.74, 6) is 2.16. The zero-order valence-electron chi connectivity index (χ0n) is 15.0. The number of nitrogens with one attached hydrogen (secondary N) is 2. The molecule has 2 N–H and O–H groups in total. The maximum atomic E-state index is 5.66. The molecule has 0 saturated carbocycles. The second-order valence-electron chi connectivity index (χ2n) is 5.92. The third-order valence-electron chi connectivity index (χ3n) is 3.69. The molecule has 1 heterocycles. The second-order valence-corrected chi connectivity index (χ2v) is 5.92. The van der Waals surface area contributed by atoms with Crippen LogP contribution in [-0.2, 0) is 0 Å². The summed E-state index contributed by atoms with van der Waals surface area (Å²) in [5, 5.41) is 6.48. The lowest BCUT2D eigenvalue weighted by Crippen LogP contribution is -2.13. The largest absolute Gasteiger partial charge is 0.492 e. The third-order valence-corrected chi connectivity index (χ3v) is 3.69. The van der Waals surface area contributed by atoms with E-state index in [1.165, 1.54) is 0 Å². The number of ether oxygens (including phenoxy) is 1. The zero-order chi connectivity index (χ0) is 18.2. The molecule has 0 fully saturated rings. The molecular formula is C20H23N5O. The predicted octanol–water partition coefficient (Wildman–Crippen LogP) is 3.78. The van der Waals surface area contributed by atoms with Crippen LogP contribution in [0.1, 0.15) is 0 Å². The average Bonchev–Trinajstić information content (AvgIpc) is 2.67. The molecule has 0 bridgehead atoms. The van der Waals surface area contributed by atoms with E-state index in [0.717, 1.165) is 22.9 Å². The van der Waals surface area contributed by atoms with Crippen LogP contribution in [0.2, 0.25) is 0 Å². The highest BCUT2D eigenvalue weighted by Gasteiger charge is 2.02. The topological polar surface area (TPSA) is 62.3 Å². The first-order valence-corrected chi connectivity index (χ1v) is 8.50. The molecule has 6 nitrogen and oxygen atoms in total. The Kier molecular flexibility index (Phi) is 5.88. The van der Waals surface area contributed by atoms with Crippen LogP contribution in [0.4, 0.5) is 23.1 Å². The molecule has 0 aliphatic heterocycles. The van der Waals surface area contributed by atoms with Gasteiger partial charge in [-0.2, -0.15) is 4.98 Å². The lowest BCUT2D eigenvalue weighted by atomic mass is 10.2. The maximum Gasteiger partial charge on any atom is 0.229 e. The molecule has 0 amide bonds. The van der Waals surface area contributed by atoms with Crippen molar-refractivity contribution in [3.05, 3.63) is 66.9 Å². The van der Waals surface area contributed by atoms with E-state index >= 15 is 0 Å². The van der Waals surface area contributed by atoms with E-state index in [9.17, 15) is 0 Å². The van der Waals surface area contributed by atoms with Gasteiger partial charge >= 0.3 is 0 Å². The van der Waals surface area contributed by atoms with Crippen molar-refractivity contribution in [3.8, 4) is 5.75 Å². The van der Waals surface area contributed by atoms with Gasteiger partial charge in [-0.05, 0) is 36.4 Å². The van der Waals surface area contributed by atoms with Gasteiger partial charge in [0.25, 0.3) is 0 Å². The lowest BCUT2D eigenvalue weighted by Gasteiger charge is -2.14. The minimum absolute atomic E-state index is 0.551. The Balaban J connectivity index is 1.54. The van der Waals surface area contributed by atoms with Gasteiger partial charge in [0.1, 0.15) is 18.2 Å². The molecule has 0 radical (unpaired) electrons. The summed E-state index contributed by atoms with van der Waals surface area (Å²) in [7, 11) is 4.02. The average molecular weight is 349 g/mol. The van der Waals surface area contributed by atoms with Crippen LogP contribution < -0.4 is 20.3 Å². The number of rotatable bonds is 8. The van der Waals surface area contributed by atoms with Crippen LogP contribution in [0.15, 0.2) is 66.9 Å². The van der Waals surface area contributed by atoms with Crippen LogP contribution >= 0.6 is 0 Å². The Morgan fingerprint density at radius 1 is 1.00 bits per heavy atom. The molecule has 0 saturated heterocycles. The highest BCUT2D eigenvalue weighted by Crippen LogP contribution is 2.20. The van der Waals surface area contributed by atoms with Crippen molar-refractivity contribution in [2.24, 2.45) is 0 Å². The van der Waals surface area contributed by atoms with Crippen molar-refractivity contribution in [1.82, 2.24) is 9.97 Å². The molecule has 3 rings (SSSR count). The number of benzene rings is 2. The van der Waals surface area contributed by atoms with Crippen molar-refractivity contribution in [3.63, 3.8) is 0 Å². The fraction of sp³-hybridized carbons (Fsp3) is 0.200. The summed E-state index contributed by atoms with van der Waals surface area (Å²) in [6, 6.07) is 19.7. The maximum absolute atomic E-state index is 5.66. The summed E-state index contributed by atoms with van der Waals surface area (Å²) in [6.45, 7) is 1.21. The summed E-state index contributed by atoms with van der Waals surface area (Å²) < 4.78 is 5.66. The fourth-order valence-electron chi connectivity index (χ4n) is 2.37. The number of hydrogen-bond acceptors (Lipinski definition) is 6. The Labute approximate surface area is 153 Å². The Hall–Kier alpha value is -3.28. The predicted molar refractivity (Wildman–Crippen MR) is 107 cm³/mol. The Morgan fingerprint density at radius 3 is 2.65 bits per heavy atom. The number of hydrogen-bond donors (Lipinski definition) is 2. The lowest BCUT2D eigenvalue weighted by molar-refractivity contribution is 0.333. The Morgan fingerprint density at radius 2 is 1.85 bits per heavy atom. The van der Waals surface area contributed by atoms with Crippen LogP contribution in [0.3, 0.4) is 0 Å². The number of nitrogens with zero attached hydrogens (tertiary/aromatic N) is 3. The summed E-state index contributed by atoms with van der Waals surface area (Å²) in [5.41, 5.74) is 2.06. The van der Waals surface area contributed by atoms with Gasteiger partial charge in [0.05, 0.1) is 6.54 Å². The molecule has 6 heteroatoms. The first kappa shape index (κ1) is 17.5. The van der Waals surface area contributed by atoms with E-state index < -0.39 is 0 Å². The molecule has 1 aromatic heterocycles. The van der Waals surface area contributed by atoms with Gasteiger partial charge in [0, 0.05) is 31.7 Å². The molecule has 3 aromatic rings. The van der Waals surface area contributed by atoms with Gasteiger partial charge in [-0.25, -0.2) is 4.98 Å². The molecule has 0 atom stereocenters. The normalized spacial score (nSPS) is 10.2. The smallest absolute Gasteiger partial charge is 0.229 e. The second kappa shape index (κ2) is 8.71. The van der Waals surface area contributed by atoms with Crippen molar-refractivity contribution in [2.75, 3.05) is 42.8 Å². The van der Waals surface area contributed by atoms with Gasteiger partial charge in [-0.15, -0.1) is 0 Å². The molecule has 0 aliphatic carbocycles. The van der Waals surface area contributed by atoms with E-state index in [1.807, 2.05) is 62.6 Å². The standard InChI is InChI=1S/C20H23N5O/c1-25(2)17-8-6-7-16(15-17)23-20-22-12-11-19(24-20)21-13-14-26-18-9-4-3-5-10-18/h3-12,15H,13-14H2,1-2H3,(H2,21,22,23,24). The van der Waals surface area contributed by atoms with Crippen LogP contribution in [0.5, 0.6) is 5.75 Å².